The molecule has 1 spiro atoms. The normalized spacial score (nSPS) is 28.4. The van der Waals surface area contributed by atoms with Gasteiger partial charge < -0.3 is 15.4 Å². The van der Waals surface area contributed by atoms with Crippen molar-refractivity contribution in [3.63, 3.8) is 0 Å². The number of piperidine rings is 1. The Kier molecular flexibility index (Phi) is 7.40. The fraction of sp³-hybridized carbons (Fsp3) is 0.957. The van der Waals surface area contributed by atoms with Gasteiger partial charge in [0.25, 0.3) is 5.91 Å². The Hall–Kier alpha value is -0.610. The van der Waals surface area contributed by atoms with Gasteiger partial charge in [0.05, 0.1) is 0 Å². The third-order valence-electron chi connectivity index (χ3n) is 6.13. The van der Waals surface area contributed by atoms with Gasteiger partial charge in [0.2, 0.25) is 0 Å². The van der Waals surface area contributed by atoms with Crippen LogP contribution >= 0.6 is 0 Å². The van der Waals surface area contributed by atoms with E-state index in [0.717, 1.165) is 25.7 Å². The zero-order valence-corrected chi connectivity index (χ0v) is 18.8. The molecule has 0 bridgehead atoms. The zero-order valence-electron chi connectivity index (χ0n) is 18.8. The van der Waals surface area contributed by atoms with Crippen molar-refractivity contribution in [2.75, 3.05) is 0 Å². The van der Waals surface area contributed by atoms with Crippen molar-refractivity contribution in [1.29, 1.82) is 0 Å². The minimum absolute atomic E-state index is 0.0575. The van der Waals surface area contributed by atoms with Crippen molar-refractivity contribution in [3.05, 3.63) is 0 Å². The monoisotopic (exact) mass is 380 g/mol. The highest BCUT2D eigenvalue weighted by atomic mass is 16.6. The maximum absolute atomic E-state index is 12.8. The van der Waals surface area contributed by atoms with Crippen LogP contribution in [0.2, 0.25) is 0 Å². The van der Waals surface area contributed by atoms with Crippen LogP contribution in [-0.2, 0) is 9.53 Å². The lowest BCUT2D eigenvalue weighted by atomic mass is 9.77. The molecule has 158 valence electrons. The molecule has 2 aliphatic heterocycles. The molecule has 2 fully saturated rings. The van der Waals surface area contributed by atoms with Gasteiger partial charge >= 0.3 is 0 Å². The number of ether oxygens (including phenoxy) is 1. The van der Waals surface area contributed by atoms with Gasteiger partial charge in [0.15, 0.2) is 0 Å². The fourth-order valence-electron chi connectivity index (χ4n) is 5.44. The molecular formula is C23H44N2O2. The van der Waals surface area contributed by atoms with E-state index >= 15 is 0 Å². The summed E-state index contributed by atoms with van der Waals surface area (Å²) in [4.78, 5) is 12.8. The van der Waals surface area contributed by atoms with Gasteiger partial charge in [-0.1, -0.05) is 64.7 Å². The van der Waals surface area contributed by atoms with Crippen LogP contribution in [0.1, 0.15) is 119 Å². The molecule has 0 aromatic carbocycles. The Morgan fingerprint density at radius 1 is 0.815 bits per heavy atom. The summed E-state index contributed by atoms with van der Waals surface area (Å²) in [6.45, 7) is 13.0. The molecule has 27 heavy (non-hydrogen) atoms. The van der Waals surface area contributed by atoms with Crippen molar-refractivity contribution >= 4 is 5.91 Å². The predicted molar refractivity (Wildman–Crippen MR) is 113 cm³/mol. The van der Waals surface area contributed by atoms with Crippen molar-refractivity contribution in [2.24, 2.45) is 0 Å². The molecule has 2 N–H and O–H groups in total. The SMILES string of the molecule is CCCCCCCCCCCC1(C)OC2(CC(C)(C)NC(C)(C)C2)NC1=O. The smallest absolute Gasteiger partial charge is 0.254 e. The Morgan fingerprint density at radius 2 is 1.30 bits per heavy atom. The first-order valence-corrected chi connectivity index (χ1v) is 11.3. The quantitative estimate of drug-likeness (QED) is 0.496. The number of hydrogen-bond acceptors (Lipinski definition) is 3. The summed E-state index contributed by atoms with van der Waals surface area (Å²) in [7, 11) is 0. The summed E-state index contributed by atoms with van der Waals surface area (Å²) in [5.41, 5.74) is -1.32. The van der Waals surface area contributed by atoms with Crippen molar-refractivity contribution in [3.8, 4) is 0 Å². The van der Waals surface area contributed by atoms with E-state index in [1.165, 1.54) is 51.4 Å². The largest absolute Gasteiger partial charge is 0.340 e. The van der Waals surface area contributed by atoms with Gasteiger partial charge in [-0.3, -0.25) is 4.79 Å². The van der Waals surface area contributed by atoms with Crippen LogP contribution in [0.4, 0.5) is 0 Å². The van der Waals surface area contributed by atoms with Crippen molar-refractivity contribution in [1.82, 2.24) is 10.6 Å². The van der Waals surface area contributed by atoms with E-state index in [-0.39, 0.29) is 17.0 Å². The number of amides is 1. The lowest BCUT2D eigenvalue weighted by Gasteiger charge is -2.51. The van der Waals surface area contributed by atoms with Gasteiger partial charge in [-0.25, -0.2) is 0 Å². The van der Waals surface area contributed by atoms with Crippen LogP contribution in [0.15, 0.2) is 0 Å². The summed E-state index contributed by atoms with van der Waals surface area (Å²) in [5, 5.41) is 6.93. The molecule has 0 aromatic rings. The molecule has 4 nitrogen and oxygen atoms in total. The Morgan fingerprint density at radius 3 is 1.81 bits per heavy atom. The molecule has 1 atom stereocenters. The van der Waals surface area contributed by atoms with E-state index in [1.807, 2.05) is 6.92 Å². The van der Waals surface area contributed by atoms with Crippen LogP contribution in [0.25, 0.3) is 0 Å². The van der Waals surface area contributed by atoms with Crippen LogP contribution < -0.4 is 10.6 Å². The summed E-state index contributed by atoms with van der Waals surface area (Å²) in [5.74, 6) is 0.0792. The fourth-order valence-corrected chi connectivity index (χ4v) is 5.44. The Labute approximate surface area is 167 Å². The van der Waals surface area contributed by atoms with Crippen LogP contribution in [0.5, 0.6) is 0 Å². The number of carbonyl (C=O) groups is 1. The lowest BCUT2D eigenvalue weighted by Crippen LogP contribution is -2.66. The Balaban J connectivity index is 1.78. The lowest BCUT2D eigenvalue weighted by molar-refractivity contribution is -0.155. The molecule has 2 aliphatic rings. The summed E-state index contributed by atoms with van der Waals surface area (Å²) >= 11 is 0. The second kappa shape index (κ2) is 8.82. The number of carbonyl (C=O) groups excluding carboxylic acids is 1. The third-order valence-corrected chi connectivity index (χ3v) is 6.13. The van der Waals surface area contributed by atoms with Crippen molar-refractivity contribution < 1.29 is 9.53 Å². The molecule has 0 aliphatic carbocycles. The predicted octanol–water partition coefficient (Wildman–Crippen LogP) is 5.45. The number of unbranched alkanes of at least 4 members (excludes halogenated alkanes) is 8. The molecular weight excluding hydrogens is 336 g/mol. The average molecular weight is 381 g/mol. The molecule has 2 saturated heterocycles. The van der Waals surface area contributed by atoms with E-state index < -0.39 is 11.3 Å². The molecule has 2 heterocycles. The van der Waals surface area contributed by atoms with Gasteiger partial charge in [-0.2, -0.15) is 0 Å². The summed E-state index contributed by atoms with van der Waals surface area (Å²) in [6.07, 6.45) is 14.1. The first kappa shape index (κ1) is 22.7. The van der Waals surface area contributed by atoms with E-state index in [4.69, 9.17) is 4.74 Å². The molecule has 0 aromatic heterocycles. The summed E-state index contributed by atoms with van der Waals surface area (Å²) in [6, 6.07) is 0. The third kappa shape index (κ3) is 6.45. The zero-order chi connectivity index (χ0) is 20.2. The Bertz CT molecular complexity index is 485. The number of hydrogen-bond donors (Lipinski definition) is 2. The first-order chi connectivity index (χ1) is 12.5. The van der Waals surface area contributed by atoms with Gasteiger partial charge in [-0.05, 0) is 41.0 Å². The van der Waals surface area contributed by atoms with E-state index in [1.54, 1.807) is 0 Å². The average Bonchev–Trinajstić information content (AvgIpc) is 2.72. The summed E-state index contributed by atoms with van der Waals surface area (Å²) < 4.78 is 6.53. The van der Waals surface area contributed by atoms with Crippen LogP contribution in [-0.4, -0.2) is 28.3 Å². The molecule has 1 unspecified atom stereocenters. The topological polar surface area (TPSA) is 50.4 Å². The number of rotatable bonds is 10. The highest BCUT2D eigenvalue weighted by Crippen LogP contribution is 2.43. The molecule has 0 saturated carbocycles. The maximum Gasteiger partial charge on any atom is 0.254 e. The van der Waals surface area contributed by atoms with Gasteiger partial charge in [0, 0.05) is 23.9 Å². The molecule has 2 rings (SSSR count). The second-order valence-electron chi connectivity index (χ2n) is 10.6. The van der Waals surface area contributed by atoms with Gasteiger partial charge in [0.1, 0.15) is 11.3 Å². The minimum atomic E-state index is -0.676. The second-order valence-corrected chi connectivity index (χ2v) is 10.6. The van der Waals surface area contributed by atoms with Crippen molar-refractivity contribution in [2.45, 2.75) is 141 Å². The minimum Gasteiger partial charge on any atom is -0.340 e. The molecule has 1 amide bonds. The van der Waals surface area contributed by atoms with Crippen LogP contribution in [0, 0.1) is 0 Å². The van der Waals surface area contributed by atoms with E-state index in [2.05, 4.69) is 45.3 Å². The highest BCUT2D eigenvalue weighted by Gasteiger charge is 2.58. The van der Waals surface area contributed by atoms with Crippen LogP contribution in [0.3, 0.4) is 0 Å². The number of nitrogens with one attached hydrogen (secondary N) is 2. The van der Waals surface area contributed by atoms with E-state index in [0.29, 0.717) is 0 Å². The standard InChI is InChI=1S/C23H44N2O2/c1-7-8-9-10-11-12-13-14-15-16-22(6)19(26)24-23(27-22)17-20(2,3)25-21(4,5)18-23/h25H,7-18H2,1-6H3,(H,24,26). The molecule has 0 radical (unpaired) electrons. The van der Waals surface area contributed by atoms with E-state index in [9.17, 15) is 4.79 Å². The molecule has 4 heteroatoms. The van der Waals surface area contributed by atoms with Gasteiger partial charge in [-0.15, -0.1) is 0 Å². The maximum atomic E-state index is 12.8. The first-order valence-electron chi connectivity index (χ1n) is 11.3. The highest BCUT2D eigenvalue weighted by molar-refractivity contribution is 5.87.